The number of rotatable bonds is 5. The molecule has 1 amide bonds. The van der Waals surface area contributed by atoms with E-state index in [0.717, 1.165) is 6.42 Å². The Morgan fingerprint density at radius 2 is 2.31 bits per heavy atom. The van der Waals surface area contributed by atoms with Crippen LogP contribution in [0.15, 0.2) is 0 Å². The number of hydrogen-bond acceptors (Lipinski definition) is 2. The lowest BCUT2D eigenvalue weighted by Gasteiger charge is -2.17. The lowest BCUT2D eigenvalue weighted by atomic mass is 9.99. The Hall–Kier alpha value is -1.01. The molecule has 0 rings (SSSR count). The van der Waals surface area contributed by atoms with Gasteiger partial charge in [0.15, 0.2) is 0 Å². The van der Waals surface area contributed by atoms with Gasteiger partial charge in [0.05, 0.1) is 6.04 Å². The Morgan fingerprint density at radius 3 is 2.77 bits per heavy atom. The van der Waals surface area contributed by atoms with Crippen molar-refractivity contribution < 1.29 is 4.79 Å². The largest absolute Gasteiger partial charge is 0.354 e. The number of carbonyl (C=O) groups is 1. The quantitative estimate of drug-likeness (QED) is 0.480. The van der Waals surface area contributed by atoms with E-state index in [2.05, 4.69) is 11.2 Å². The highest BCUT2D eigenvalue weighted by Crippen LogP contribution is 2.04. The predicted octanol–water partition coefficient (Wildman–Crippen LogP) is 0.499. The van der Waals surface area contributed by atoms with Crippen molar-refractivity contribution in [1.82, 2.24) is 5.32 Å². The van der Waals surface area contributed by atoms with Gasteiger partial charge in [0.2, 0.25) is 5.91 Å². The highest BCUT2D eigenvalue weighted by Gasteiger charge is 2.18. The van der Waals surface area contributed by atoms with Crippen LogP contribution in [0.25, 0.3) is 0 Å². The minimum Gasteiger partial charge on any atom is -0.354 e. The van der Waals surface area contributed by atoms with E-state index in [-0.39, 0.29) is 11.8 Å². The van der Waals surface area contributed by atoms with Crippen LogP contribution in [0, 0.1) is 18.3 Å². The molecule has 0 bridgehead atoms. The third kappa shape index (κ3) is 4.54. The van der Waals surface area contributed by atoms with E-state index >= 15 is 0 Å². The molecule has 0 unspecified atom stereocenters. The number of hydrogen-bond donors (Lipinski definition) is 2. The van der Waals surface area contributed by atoms with Crippen molar-refractivity contribution in [3.05, 3.63) is 0 Å². The molecule has 3 N–H and O–H groups in total. The maximum Gasteiger partial charge on any atom is 0.237 e. The minimum atomic E-state index is -0.414. The van der Waals surface area contributed by atoms with Crippen LogP contribution in [0.2, 0.25) is 0 Å². The molecule has 3 heteroatoms. The van der Waals surface area contributed by atoms with Crippen molar-refractivity contribution in [2.75, 3.05) is 6.54 Å². The van der Waals surface area contributed by atoms with Gasteiger partial charge < -0.3 is 11.1 Å². The highest BCUT2D eigenvalue weighted by atomic mass is 16.2. The van der Waals surface area contributed by atoms with E-state index in [9.17, 15) is 4.79 Å². The van der Waals surface area contributed by atoms with Gasteiger partial charge in [-0.1, -0.05) is 20.3 Å². The van der Waals surface area contributed by atoms with Gasteiger partial charge in [-0.2, -0.15) is 0 Å². The Kier molecular flexibility index (Phi) is 5.99. The summed E-state index contributed by atoms with van der Waals surface area (Å²) in [4.78, 5) is 11.3. The molecule has 0 aliphatic carbocycles. The Morgan fingerprint density at radius 1 is 1.69 bits per heavy atom. The van der Waals surface area contributed by atoms with Crippen molar-refractivity contribution >= 4 is 5.91 Å². The second-order valence-corrected chi connectivity index (χ2v) is 3.16. The molecular weight excluding hydrogens is 164 g/mol. The molecule has 13 heavy (non-hydrogen) atoms. The molecule has 0 aromatic rings. The zero-order chi connectivity index (χ0) is 10.3. The second-order valence-electron chi connectivity index (χ2n) is 3.16. The van der Waals surface area contributed by atoms with E-state index < -0.39 is 6.04 Å². The number of terminal acetylenes is 1. The van der Waals surface area contributed by atoms with Gasteiger partial charge in [-0.05, 0) is 5.92 Å². The van der Waals surface area contributed by atoms with Crippen molar-refractivity contribution in [1.29, 1.82) is 0 Å². The molecule has 0 aliphatic heterocycles. The summed E-state index contributed by atoms with van der Waals surface area (Å²) in [5.74, 6) is 2.56. The molecule has 0 aromatic carbocycles. The van der Waals surface area contributed by atoms with Crippen molar-refractivity contribution in [3.8, 4) is 12.3 Å². The van der Waals surface area contributed by atoms with E-state index in [1.165, 1.54) is 0 Å². The molecule has 0 spiro atoms. The molecule has 2 atom stereocenters. The van der Waals surface area contributed by atoms with E-state index in [1.807, 2.05) is 13.8 Å². The van der Waals surface area contributed by atoms with Crippen LogP contribution in [0.5, 0.6) is 0 Å². The topological polar surface area (TPSA) is 55.1 Å². The summed E-state index contributed by atoms with van der Waals surface area (Å²) in [6, 6.07) is -0.414. The molecule has 0 saturated heterocycles. The summed E-state index contributed by atoms with van der Waals surface area (Å²) in [6.45, 7) is 4.49. The fourth-order valence-corrected chi connectivity index (χ4v) is 0.888. The number of nitrogens with one attached hydrogen (secondary N) is 1. The van der Waals surface area contributed by atoms with Gasteiger partial charge in [-0.3, -0.25) is 4.79 Å². The van der Waals surface area contributed by atoms with Gasteiger partial charge in [-0.25, -0.2) is 0 Å². The molecular formula is C10H18N2O. The zero-order valence-electron chi connectivity index (χ0n) is 8.34. The first kappa shape index (κ1) is 12.0. The normalized spacial score (nSPS) is 14.3. The average Bonchev–Trinajstić information content (AvgIpc) is 2.15. The van der Waals surface area contributed by atoms with Gasteiger partial charge in [0, 0.05) is 13.0 Å². The first-order valence-corrected chi connectivity index (χ1v) is 4.60. The van der Waals surface area contributed by atoms with Crippen molar-refractivity contribution in [2.24, 2.45) is 11.7 Å². The van der Waals surface area contributed by atoms with Crippen LogP contribution >= 0.6 is 0 Å². The first-order valence-electron chi connectivity index (χ1n) is 4.60. The number of amides is 1. The number of nitrogens with two attached hydrogens (primary N) is 1. The van der Waals surface area contributed by atoms with Gasteiger partial charge in [0.1, 0.15) is 0 Å². The SMILES string of the molecule is C#CCCNC(=O)[C@@H](N)[C@@H](C)CC. The van der Waals surface area contributed by atoms with Crippen molar-refractivity contribution in [3.63, 3.8) is 0 Å². The summed E-state index contributed by atoms with van der Waals surface area (Å²) in [7, 11) is 0. The van der Waals surface area contributed by atoms with Crippen molar-refractivity contribution in [2.45, 2.75) is 32.7 Å². The molecule has 0 aromatic heterocycles. The summed E-state index contributed by atoms with van der Waals surface area (Å²) < 4.78 is 0. The molecule has 0 fully saturated rings. The Bertz CT molecular complexity index is 196. The minimum absolute atomic E-state index is 0.107. The van der Waals surface area contributed by atoms with Crippen LogP contribution < -0.4 is 11.1 Å². The van der Waals surface area contributed by atoms with Gasteiger partial charge in [0.25, 0.3) is 0 Å². The molecule has 0 heterocycles. The number of carbonyl (C=O) groups excluding carboxylic acids is 1. The Balaban J connectivity index is 3.77. The molecule has 74 valence electrons. The zero-order valence-corrected chi connectivity index (χ0v) is 8.34. The van der Waals surface area contributed by atoms with Gasteiger partial charge >= 0.3 is 0 Å². The predicted molar refractivity (Wildman–Crippen MR) is 53.9 cm³/mol. The summed E-state index contributed by atoms with van der Waals surface area (Å²) in [6.07, 6.45) is 6.51. The average molecular weight is 182 g/mol. The van der Waals surface area contributed by atoms with Crippen LogP contribution in [0.4, 0.5) is 0 Å². The Labute approximate surface area is 80.1 Å². The maximum atomic E-state index is 11.3. The molecule has 0 saturated carbocycles. The van der Waals surface area contributed by atoms with Crippen LogP contribution in [0.3, 0.4) is 0 Å². The molecule has 0 radical (unpaired) electrons. The van der Waals surface area contributed by atoms with E-state index in [4.69, 9.17) is 12.2 Å². The van der Waals surface area contributed by atoms with E-state index in [1.54, 1.807) is 0 Å². The fraction of sp³-hybridized carbons (Fsp3) is 0.700. The molecule has 3 nitrogen and oxygen atoms in total. The lowest BCUT2D eigenvalue weighted by molar-refractivity contribution is -0.123. The van der Waals surface area contributed by atoms with Gasteiger partial charge in [-0.15, -0.1) is 12.3 Å². The third-order valence-corrected chi connectivity index (χ3v) is 2.13. The summed E-state index contributed by atoms with van der Waals surface area (Å²) in [5, 5.41) is 2.69. The van der Waals surface area contributed by atoms with Crippen LogP contribution in [-0.4, -0.2) is 18.5 Å². The second kappa shape index (κ2) is 6.50. The standard InChI is InChI=1S/C10H18N2O/c1-4-6-7-12-10(13)9(11)8(3)5-2/h1,8-9H,5-7,11H2,2-3H3,(H,12,13)/t8-,9-/m0/s1. The third-order valence-electron chi connectivity index (χ3n) is 2.13. The summed E-state index contributed by atoms with van der Waals surface area (Å²) >= 11 is 0. The van der Waals surface area contributed by atoms with E-state index in [0.29, 0.717) is 13.0 Å². The monoisotopic (exact) mass is 182 g/mol. The first-order chi connectivity index (χ1) is 6.13. The van der Waals surface area contributed by atoms with Crippen LogP contribution in [0.1, 0.15) is 26.7 Å². The van der Waals surface area contributed by atoms with Crippen LogP contribution in [-0.2, 0) is 4.79 Å². The molecule has 0 aliphatic rings. The lowest BCUT2D eigenvalue weighted by Crippen LogP contribution is -2.44. The smallest absolute Gasteiger partial charge is 0.237 e. The highest BCUT2D eigenvalue weighted by molar-refractivity contribution is 5.81. The fourth-order valence-electron chi connectivity index (χ4n) is 0.888. The maximum absolute atomic E-state index is 11.3. The summed E-state index contributed by atoms with van der Waals surface area (Å²) in [5.41, 5.74) is 5.69.